The summed E-state index contributed by atoms with van der Waals surface area (Å²) < 4.78 is 0. The quantitative estimate of drug-likeness (QED) is 0.275. The predicted octanol–water partition coefficient (Wildman–Crippen LogP) is 4.35. The van der Waals surface area contributed by atoms with Crippen LogP contribution in [-0.2, 0) is 33.6 Å². The fourth-order valence-corrected chi connectivity index (χ4v) is 8.98. The SMILES string of the molecule is CN1CC(=O)N(C[C@@H](CC(=O)C[C@H]2CCCCCCCCC[C@@H](C(=O)C(=O)NC3CC3)CC(=O)[C@@H]3[C@@H]4[C@H](CN3C2=O)C4(C)C)C(C)(C)C)C(=O)C1. The summed E-state index contributed by atoms with van der Waals surface area (Å²) in [7, 11) is 1.74. The van der Waals surface area contributed by atoms with Crippen molar-refractivity contribution >= 4 is 41.0 Å². The molecule has 284 valence electrons. The molecule has 0 unspecified atom stereocenters. The zero-order valence-electron chi connectivity index (χ0n) is 32.0. The van der Waals surface area contributed by atoms with E-state index in [0.717, 1.165) is 57.8 Å². The highest BCUT2D eigenvalue weighted by Gasteiger charge is 2.69. The first-order valence-electron chi connectivity index (χ1n) is 19.7. The van der Waals surface area contributed by atoms with E-state index in [1.807, 2.05) is 20.8 Å². The van der Waals surface area contributed by atoms with Gasteiger partial charge >= 0.3 is 0 Å². The molecule has 3 aliphatic heterocycles. The molecule has 0 aromatic rings. The number of carbonyl (C=O) groups excluding carboxylic acids is 7. The summed E-state index contributed by atoms with van der Waals surface area (Å²) in [6.07, 6.45) is 9.45. The number of piperidine rings is 1. The number of hydrogen-bond acceptors (Lipinski definition) is 8. The van der Waals surface area contributed by atoms with Gasteiger partial charge in [0.2, 0.25) is 23.5 Å². The minimum atomic E-state index is -0.701. The molecule has 2 aliphatic carbocycles. The highest BCUT2D eigenvalue weighted by molar-refractivity contribution is 6.37. The molecule has 4 amide bonds. The van der Waals surface area contributed by atoms with Crippen molar-refractivity contribution in [1.82, 2.24) is 20.0 Å². The van der Waals surface area contributed by atoms with Gasteiger partial charge in [-0.25, -0.2) is 0 Å². The van der Waals surface area contributed by atoms with Crippen LogP contribution in [0, 0.1) is 40.4 Å². The molecule has 51 heavy (non-hydrogen) atoms. The van der Waals surface area contributed by atoms with Crippen molar-refractivity contribution in [2.45, 2.75) is 137 Å². The van der Waals surface area contributed by atoms with Crippen molar-refractivity contribution in [3.05, 3.63) is 0 Å². The van der Waals surface area contributed by atoms with Crippen molar-refractivity contribution in [1.29, 1.82) is 0 Å². The number of amides is 4. The molecule has 0 aromatic heterocycles. The first-order valence-corrected chi connectivity index (χ1v) is 19.7. The third-order valence-electron chi connectivity index (χ3n) is 12.7. The van der Waals surface area contributed by atoms with Crippen LogP contribution in [0.15, 0.2) is 0 Å². The topological polar surface area (TPSA) is 141 Å². The Balaban J connectivity index is 1.33. The summed E-state index contributed by atoms with van der Waals surface area (Å²) in [5.41, 5.74) is -0.475. The van der Waals surface area contributed by atoms with Gasteiger partial charge in [0.1, 0.15) is 5.78 Å². The third kappa shape index (κ3) is 9.54. The van der Waals surface area contributed by atoms with E-state index in [-0.39, 0.29) is 103 Å². The van der Waals surface area contributed by atoms with Crippen molar-refractivity contribution in [3.8, 4) is 0 Å². The van der Waals surface area contributed by atoms with Crippen LogP contribution in [0.2, 0.25) is 0 Å². The lowest BCUT2D eigenvalue weighted by Gasteiger charge is -2.37. The fourth-order valence-electron chi connectivity index (χ4n) is 8.98. The molecule has 0 radical (unpaired) electrons. The maximum absolute atomic E-state index is 14.5. The summed E-state index contributed by atoms with van der Waals surface area (Å²) in [6, 6.07) is -0.615. The van der Waals surface area contributed by atoms with E-state index in [2.05, 4.69) is 19.2 Å². The summed E-state index contributed by atoms with van der Waals surface area (Å²) >= 11 is 0. The maximum Gasteiger partial charge on any atom is 0.287 e. The second-order valence-electron chi connectivity index (χ2n) is 18.2. The lowest BCUT2D eigenvalue weighted by atomic mass is 9.76. The smallest absolute Gasteiger partial charge is 0.287 e. The van der Waals surface area contributed by atoms with E-state index in [9.17, 15) is 33.6 Å². The van der Waals surface area contributed by atoms with Crippen LogP contribution in [0.1, 0.15) is 125 Å². The summed E-state index contributed by atoms with van der Waals surface area (Å²) in [4.78, 5) is 99.3. The summed E-state index contributed by atoms with van der Waals surface area (Å²) in [5, 5.41) is 2.81. The summed E-state index contributed by atoms with van der Waals surface area (Å²) in [5.74, 6) is -3.41. The lowest BCUT2D eigenvalue weighted by molar-refractivity contribution is -0.152. The van der Waals surface area contributed by atoms with Crippen LogP contribution in [0.3, 0.4) is 0 Å². The molecule has 0 aromatic carbocycles. The second kappa shape index (κ2) is 16.0. The zero-order valence-corrected chi connectivity index (χ0v) is 32.0. The molecule has 11 heteroatoms. The Morgan fingerprint density at radius 3 is 2.04 bits per heavy atom. The number of fused-ring (bicyclic) bond motifs is 3. The molecule has 5 rings (SSSR count). The fraction of sp³-hybridized carbons (Fsp3) is 0.825. The molecule has 11 nitrogen and oxygen atoms in total. The minimum absolute atomic E-state index is 0.0100. The maximum atomic E-state index is 14.5. The number of Topliss-reactive ketones (excluding diaryl/α,β-unsaturated/α-hetero) is 3. The molecule has 1 N–H and O–H groups in total. The Hall–Kier alpha value is -2.95. The minimum Gasteiger partial charge on any atom is -0.347 e. The van der Waals surface area contributed by atoms with E-state index < -0.39 is 29.6 Å². The van der Waals surface area contributed by atoms with E-state index >= 15 is 0 Å². The average molecular weight is 711 g/mol. The van der Waals surface area contributed by atoms with Crippen LogP contribution < -0.4 is 5.32 Å². The first-order chi connectivity index (χ1) is 24.0. The number of hydrogen-bond donors (Lipinski definition) is 1. The van der Waals surface area contributed by atoms with Gasteiger partial charge in [-0.15, -0.1) is 0 Å². The number of likely N-dealkylation sites (N-methyl/N-ethyl adjacent to an activating group) is 1. The number of nitrogens with zero attached hydrogens (tertiary/aromatic N) is 3. The summed E-state index contributed by atoms with van der Waals surface area (Å²) in [6.45, 7) is 11.2. The van der Waals surface area contributed by atoms with Crippen molar-refractivity contribution in [2.24, 2.45) is 40.4 Å². The number of rotatable bonds is 9. The first kappa shape index (κ1) is 39.3. The molecular weight excluding hydrogens is 648 g/mol. The van der Waals surface area contributed by atoms with Gasteiger partial charge in [-0.2, -0.15) is 0 Å². The largest absolute Gasteiger partial charge is 0.347 e. The Morgan fingerprint density at radius 1 is 0.863 bits per heavy atom. The number of carbonyl (C=O) groups is 7. The van der Waals surface area contributed by atoms with Crippen LogP contribution >= 0.6 is 0 Å². The Bertz CT molecular complexity index is 1360. The molecule has 5 aliphatic rings. The van der Waals surface area contributed by atoms with Crippen molar-refractivity contribution in [2.75, 3.05) is 33.2 Å². The average Bonchev–Trinajstić information content (AvgIpc) is 3.89. The number of imide groups is 1. The Labute approximate surface area is 304 Å². The molecular formula is C40H62N4O7. The van der Waals surface area contributed by atoms with E-state index in [1.165, 1.54) is 4.90 Å². The van der Waals surface area contributed by atoms with Crippen molar-refractivity contribution < 1.29 is 33.6 Å². The van der Waals surface area contributed by atoms with Gasteiger partial charge in [-0.1, -0.05) is 79.6 Å². The zero-order chi connectivity index (χ0) is 37.2. The third-order valence-corrected chi connectivity index (χ3v) is 12.7. The highest BCUT2D eigenvalue weighted by Crippen LogP contribution is 2.65. The van der Waals surface area contributed by atoms with E-state index in [4.69, 9.17) is 0 Å². The van der Waals surface area contributed by atoms with Crippen molar-refractivity contribution in [3.63, 3.8) is 0 Å². The van der Waals surface area contributed by atoms with Crippen LogP contribution in [0.5, 0.6) is 0 Å². The predicted molar refractivity (Wildman–Crippen MR) is 192 cm³/mol. The van der Waals surface area contributed by atoms with E-state index in [1.54, 1.807) is 16.8 Å². The highest BCUT2D eigenvalue weighted by atomic mass is 16.2. The molecule has 3 heterocycles. The molecule has 5 fully saturated rings. The molecule has 0 spiro atoms. The van der Waals surface area contributed by atoms with Crippen LogP contribution in [0.25, 0.3) is 0 Å². The van der Waals surface area contributed by atoms with Gasteiger partial charge in [0.25, 0.3) is 5.91 Å². The Morgan fingerprint density at radius 2 is 1.45 bits per heavy atom. The van der Waals surface area contributed by atoms with Gasteiger partial charge in [-0.05, 0) is 61.3 Å². The van der Waals surface area contributed by atoms with Crippen LogP contribution in [-0.4, -0.2) is 101 Å². The van der Waals surface area contributed by atoms with E-state index in [0.29, 0.717) is 19.4 Å². The second-order valence-corrected chi connectivity index (χ2v) is 18.2. The number of piperazine rings is 1. The van der Waals surface area contributed by atoms with Gasteiger partial charge in [-0.3, -0.25) is 43.4 Å². The van der Waals surface area contributed by atoms with Gasteiger partial charge in [0.05, 0.1) is 19.1 Å². The number of nitrogens with one attached hydrogen (secondary N) is 1. The standard InChI is InChI=1S/C40H62N4O7/c1-39(2,3)27(21-43-32(47)23-42(6)24-33(43)48)20-29(45)18-26-15-13-11-9-7-8-10-12-14-25(36(49)37(50)41-28-16-17-28)19-31(46)35-34-30(40(34,4)5)22-44(35)38(26)51/h25-28,30,34-35H,7-24H2,1-6H3,(H,41,50)/t25-,26-,27-,30+,34+,35-/m1/s1. The lowest BCUT2D eigenvalue weighted by Crippen LogP contribution is -2.54. The Kier molecular flexibility index (Phi) is 12.3. The molecule has 3 saturated heterocycles. The molecule has 6 atom stereocenters. The molecule has 0 bridgehead atoms. The molecule has 2 saturated carbocycles. The normalized spacial score (nSPS) is 30.4. The van der Waals surface area contributed by atoms with Gasteiger partial charge in [0.15, 0.2) is 5.78 Å². The van der Waals surface area contributed by atoms with Crippen LogP contribution in [0.4, 0.5) is 0 Å². The van der Waals surface area contributed by atoms with Gasteiger partial charge in [0, 0.05) is 50.2 Å². The number of ketones is 3. The van der Waals surface area contributed by atoms with Gasteiger partial charge < -0.3 is 10.2 Å². The monoisotopic (exact) mass is 710 g/mol.